The van der Waals surface area contributed by atoms with Crippen LogP contribution in [0.1, 0.15) is 23.6 Å². The highest BCUT2D eigenvalue weighted by atomic mass is 19.4. The lowest BCUT2D eigenvalue weighted by Gasteiger charge is -2.35. The van der Waals surface area contributed by atoms with E-state index in [1.807, 2.05) is 25.1 Å². The van der Waals surface area contributed by atoms with Crippen molar-refractivity contribution in [1.82, 2.24) is 15.3 Å². The van der Waals surface area contributed by atoms with Crippen molar-refractivity contribution in [3.8, 4) is 16.9 Å². The molecule has 1 aromatic heterocycles. The number of alkyl halides is 3. The maximum absolute atomic E-state index is 12.8. The summed E-state index contributed by atoms with van der Waals surface area (Å²) >= 11 is 0. The fourth-order valence-corrected chi connectivity index (χ4v) is 3.79. The Morgan fingerprint density at radius 1 is 1.10 bits per heavy atom. The summed E-state index contributed by atoms with van der Waals surface area (Å²) < 4.78 is 41.8. The zero-order valence-electron chi connectivity index (χ0n) is 16.0. The van der Waals surface area contributed by atoms with Crippen LogP contribution in [0.25, 0.3) is 11.1 Å². The molecule has 1 N–H and O–H groups in total. The minimum atomic E-state index is -4.76. The molecule has 0 saturated carbocycles. The van der Waals surface area contributed by atoms with Crippen molar-refractivity contribution in [2.45, 2.75) is 31.7 Å². The quantitative estimate of drug-likeness (QED) is 0.697. The van der Waals surface area contributed by atoms with Crippen molar-refractivity contribution < 1.29 is 22.7 Å². The van der Waals surface area contributed by atoms with Crippen LogP contribution in [0.5, 0.6) is 5.75 Å². The van der Waals surface area contributed by atoms with Gasteiger partial charge in [-0.3, -0.25) is 4.79 Å². The van der Waals surface area contributed by atoms with Crippen LogP contribution in [0.3, 0.4) is 0 Å². The predicted octanol–water partition coefficient (Wildman–Crippen LogP) is 4.17. The lowest BCUT2D eigenvalue weighted by molar-refractivity contribution is -0.274. The number of hydrogen-bond acceptors (Lipinski definition) is 4. The number of rotatable bonds is 4. The van der Waals surface area contributed by atoms with Crippen molar-refractivity contribution >= 4 is 5.91 Å². The van der Waals surface area contributed by atoms with E-state index < -0.39 is 11.8 Å². The van der Waals surface area contributed by atoms with E-state index >= 15 is 0 Å². The third-order valence-electron chi connectivity index (χ3n) is 5.22. The Morgan fingerprint density at radius 2 is 1.83 bits per heavy atom. The fourth-order valence-electron chi connectivity index (χ4n) is 3.79. The van der Waals surface area contributed by atoms with Crippen molar-refractivity contribution in [3.63, 3.8) is 0 Å². The summed E-state index contributed by atoms with van der Waals surface area (Å²) in [5, 5.41) is 2.92. The molecule has 154 valence electrons. The van der Waals surface area contributed by atoms with Crippen LogP contribution in [0.4, 0.5) is 13.2 Å². The van der Waals surface area contributed by atoms with Crippen LogP contribution in [0.15, 0.2) is 61.2 Å². The summed E-state index contributed by atoms with van der Waals surface area (Å²) in [5.74, 6) is -0.412. The second kappa shape index (κ2) is 7.44. The first-order valence-electron chi connectivity index (χ1n) is 9.26. The molecule has 1 amide bonds. The van der Waals surface area contributed by atoms with E-state index in [0.717, 1.165) is 16.7 Å². The van der Waals surface area contributed by atoms with Gasteiger partial charge in [-0.25, -0.2) is 9.97 Å². The fraction of sp³-hybridized carbons (Fsp3) is 0.227. The van der Waals surface area contributed by atoms with Gasteiger partial charge >= 0.3 is 6.36 Å². The number of aromatic nitrogens is 2. The zero-order valence-corrected chi connectivity index (χ0v) is 16.0. The standard InChI is InChI=1S/C22H18F3N3O2/c1-21(9-14-10-26-13-27-11-14)19-8-16(5-6-17(19)12-28-20(21)29)15-3-2-4-18(7-15)30-22(23,24)25/h2-8,10-11,13H,9,12H2,1H3,(H,28,29)/t21-/m0/s1. The summed E-state index contributed by atoms with van der Waals surface area (Å²) in [4.78, 5) is 20.9. The molecule has 2 heterocycles. The molecular formula is C22H18F3N3O2. The van der Waals surface area contributed by atoms with E-state index in [2.05, 4.69) is 20.0 Å². The number of nitrogens with one attached hydrogen (secondary N) is 1. The SMILES string of the molecule is C[C@@]1(Cc2cncnc2)C(=O)NCc2ccc(-c3cccc(OC(F)(F)F)c3)cc21. The molecule has 5 nitrogen and oxygen atoms in total. The Balaban J connectivity index is 1.74. The third kappa shape index (κ3) is 3.98. The van der Waals surface area contributed by atoms with Gasteiger partial charge < -0.3 is 10.1 Å². The minimum absolute atomic E-state index is 0.120. The molecule has 30 heavy (non-hydrogen) atoms. The molecular weight excluding hydrogens is 395 g/mol. The number of carbonyl (C=O) groups is 1. The first-order valence-corrected chi connectivity index (χ1v) is 9.26. The van der Waals surface area contributed by atoms with Gasteiger partial charge in [0.25, 0.3) is 0 Å². The van der Waals surface area contributed by atoms with Gasteiger partial charge in [0.2, 0.25) is 5.91 Å². The molecule has 4 rings (SSSR count). The second-order valence-electron chi connectivity index (χ2n) is 7.39. The first kappa shape index (κ1) is 19.9. The normalized spacial score (nSPS) is 18.5. The van der Waals surface area contributed by atoms with Crippen molar-refractivity contribution in [2.75, 3.05) is 0 Å². The summed E-state index contributed by atoms with van der Waals surface area (Å²) in [6, 6.07) is 11.4. The van der Waals surface area contributed by atoms with Crippen LogP contribution >= 0.6 is 0 Å². The number of benzene rings is 2. The van der Waals surface area contributed by atoms with E-state index in [4.69, 9.17) is 0 Å². The maximum atomic E-state index is 12.8. The van der Waals surface area contributed by atoms with Gasteiger partial charge in [-0.2, -0.15) is 0 Å². The van der Waals surface area contributed by atoms with Crippen LogP contribution in [-0.2, 0) is 23.2 Å². The molecule has 1 aliphatic heterocycles. The summed E-state index contributed by atoms with van der Waals surface area (Å²) in [6.07, 6.45) is 0.397. The first-order chi connectivity index (χ1) is 14.2. The monoisotopic (exact) mass is 413 g/mol. The molecule has 0 aliphatic carbocycles. The van der Waals surface area contributed by atoms with Gasteiger partial charge in [0, 0.05) is 18.9 Å². The van der Waals surface area contributed by atoms with E-state index in [1.165, 1.54) is 24.5 Å². The predicted molar refractivity (Wildman–Crippen MR) is 103 cm³/mol. The molecule has 2 aromatic carbocycles. The average molecular weight is 413 g/mol. The van der Waals surface area contributed by atoms with Crippen molar-refractivity contribution in [1.29, 1.82) is 0 Å². The van der Waals surface area contributed by atoms with E-state index in [-0.39, 0.29) is 11.7 Å². The Morgan fingerprint density at radius 3 is 2.57 bits per heavy atom. The average Bonchev–Trinajstić information content (AvgIpc) is 2.71. The highest BCUT2D eigenvalue weighted by molar-refractivity contribution is 5.90. The number of ether oxygens (including phenoxy) is 1. The highest BCUT2D eigenvalue weighted by Gasteiger charge is 2.40. The third-order valence-corrected chi connectivity index (χ3v) is 5.22. The van der Waals surface area contributed by atoms with Crippen LogP contribution in [-0.4, -0.2) is 22.2 Å². The van der Waals surface area contributed by atoms with Crippen molar-refractivity contribution in [3.05, 3.63) is 77.9 Å². The van der Waals surface area contributed by atoms with E-state index in [1.54, 1.807) is 18.5 Å². The van der Waals surface area contributed by atoms with Crippen molar-refractivity contribution in [2.24, 2.45) is 0 Å². The number of carbonyl (C=O) groups excluding carboxylic acids is 1. The molecule has 0 spiro atoms. The largest absolute Gasteiger partial charge is 0.573 e. The summed E-state index contributed by atoms with van der Waals surface area (Å²) in [5.41, 5.74) is 3.00. The molecule has 0 bridgehead atoms. The van der Waals surface area contributed by atoms with Crippen LogP contribution in [0.2, 0.25) is 0 Å². The number of fused-ring (bicyclic) bond motifs is 1. The Hall–Kier alpha value is -3.42. The zero-order chi connectivity index (χ0) is 21.4. The number of hydrogen-bond donors (Lipinski definition) is 1. The smallest absolute Gasteiger partial charge is 0.406 e. The summed E-state index contributed by atoms with van der Waals surface area (Å²) in [7, 11) is 0. The van der Waals surface area contributed by atoms with Gasteiger partial charge in [0.05, 0.1) is 5.41 Å². The number of halogens is 3. The topological polar surface area (TPSA) is 64.1 Å². The molecule has 8 heteroatoms. The van der Waals surface area contributed by atoms with Crippen LogP contribution < -0.4 is 10.1 Å². The molecule has 0 saturated heterocycles. The van der Waals surface area contributed by atoms with E-state index in [9.17, 15) is 18.0 Å². The lowest BCUT2D eigenvalue weighted by Crippen LogP contribution is -2.48. The molecule has 0 fully saturated rings. The van der Waals surface area contributed by atoms with E-state index in [0.29, 0.717) is 24.1 Å². The van der Waals surface area contributed by atoms with Gasteiger partial charge in [-0.1, -0.05) is 24.3 Å². The van der Waals surface area contributed by atoms with Gasteiger partial charge in [-0.15, -0.1) is 13.2 Å². The molecule has 1 atom stereocenters. The van der Waals surface area contributed by atoms with Crippen LogP contribution in [0, 0.1) is 0 Å². The maximum Gasteiger partial charge on any atom is 0.573 e. The summed E-state index contributed by atoms with van der Waals surface area (Å²) in [6.45, 7) is 2.24. The molecule has 0 unspecified atom stereocenters. The highest BCUT2D eigenvalue weighted by Crippen LogP contribution is 2.37. The minimum Gasteiger partial charge on any atom is -0.406 e. The lowest BCUT2D eigenvalue weighted by atomic mass is 9.72. The Bertz CT molecular complexity index is 1090. The Labute approximate surface area is 170 Å². The molecule has 3 aromatic rings. The number of nitrogens with zero attached hydrogens (tertiary/aromatic N) is 2. The number of amides is 1. The molecule has 1 aliphatic rings. The molecule has 0 radical (unpaired) electrons. The second-order valence-corrected chi connectivity index (χ2v) is 7.39. The van der Waals surface area contributed by atoms with Gasteiger partial charge in [-0.05, 0) is 59.4 Å². The van der Waals surface area contributed by atoms with Gasteiger partial charge in [0.15, 0.2) is 0 Å². The Kier molecular flexibility index (Phi) is 4.93. The van der Waals surface area contributed by atoms with Gasteiger partial charge in [0.1, 0.15) is 12.1 Å².